The summed E-state index contributed by atoms with van der Waals surface area (Å²) in [4.78, 5) is 4.54. The van der Waals surface area contributed by atoms with Crippen molar-refractivity contribution < 1.29 is 9.47 Å². The van der Waals surface area contributed by atoms with Crippen molar-refractivity contribution in [2.24, 2.45) is 0 Å². The topological polar surface area (TPSA) is 60.7 Å². The zero-order chi connectivity index (χ0) is 19.6. The van der Waals surface area contributed by atoms with Crippen molar-refractivity contribution in [3.8, 4) is 0 Å². The van der Waals surface area contributed by atoms with Gasteiger partial charge in [-0.05, 0) is 48.2 Å². The van der Waals surface area contributed by atoms with Crippen LogP contribution in [0.15, 0.2) is 16.7 Å². The van der Waals surface area contributed by atoms with Gasteiger partial charge in [-0.3, -0.25) is 0 Å². The Morgan fingerprint density at radius 2 is 2.04 bits per heavy atom. The van der Waals surface area contributed by atoms with Crippen LogP contribution in [0.25, 0.3) is 5.52 Å². The van der Waals surface area contributed by atoms with E-state index in [1.807, 2.05) is 6.20 Å². The summed E-state index contributed by atoms with van der Waals surface area (Å²) in [5, 5.41) is 8.30. The lowest BCUT2D eigenvalue weighted by molar-refractivity contribution is -0.179. The minimum atomic E-state index is -0.323. The van der Waals surface area contributed by atoms with Crippen LogP contribution in [-0.4, -0.2) is 39.6 Å². The lowest BCUT2D eigenvalue weighted by Gasteiger charge is -2.35. The summed E-state index contributed by atoms with van der Waals surface area (Å²) in [6, 6.07) is 2.58. The van der Waals surface area contributed by atoms with E-state index in [1.165, 1.54) is 25.0 Å². The first kappa shape index (κ1) is 20.1. The molecule has 0 bridgehead atoms. The van der Waals surface area contributed by atoms with E-state index < -0.39 is 0 Å². The molecule has 1 aliphatic carbocycles. The highest BCUT2D eigenvalue weighted by Crippen LogP contribution is 2.43. The third-order valence-corrected chi connectivity index (χ3v) is 6.73. The van der Waals surface area contributed by atoms with Crippen LogP contribution < -0.4 is 5.32 Å². The summed E-state index contributed by atoms with van der Waals surface area (Å²) < 4.78 is 14.9. The molecule has 7 heteroatoms. The average Bonchev–Trinajstić information content (AvgIpc) is 3.28. The molecule has 1 N–H and O–H groups in total. The highest BCUT2D eigenvalue weighted by atomic mass is 79.9. The summed E-state index contributed by atoms with van der Waals surface area (Å²) in [6.45, 7) is 5.89. The molecule has 1 saturated carbocycles. The fourth-order valence-electron chi connectivity index (χ4n) is 4.47. The van der Waals surface area contributed by atoms with E-state index in [1.54, 1.807) is 0 Å². The molecular formula is C21H31BrN4O2. The number of nitrogens with zero attached hydrogens (tertiary/aromatic N) is 3. The molecule has 1 spiro atoms. The Labute approximate surface area is 175 Å². The molecule has 2 aromatic rings. The van der Waals surface area contributed by atoms with Crippen molar-refractivity contribution in [1.82, 2.24) is 14.6 Å². The Bertz CT molecular complexity index is 793. The summed E-state index contributed by atoms with van der Waals surface area (Å²) in [5.74, 6) is 0.841. The number of hydrogen-bond donors (Lipinski definition) is 1. The molecule has 1 atom stereocenters. The van der Waals surface area contributed by atoms with E-state index in [2.05, 4.69) is 50.7 Å². The van der Waals surface area contributed by atoms with Gasteiger partial charge in [0.05, 0.1) is 24.9 Å². The van der Waals surface area contributed by atoms with E-state index in [0.29, 0.717) is 17.9 Å². The molecule has 1 aliphatic heterocycles. The third kappa shape index (κ3) is 4.21. The van der Waals surface area contributed by atoms with Gasteiger partial charge in [0.1, 0.15) is 0 Å². The smallest absolute Gasteiger partial charge is 0.241 e. The molecule has 3 heterocycles. The van der Waals surface area contributed by atoms with Crippen molar-refractivity contribution in [2.45, 2.75) is 83.0 Å². The highest BCUT2D eigenvalue weighted by molar-refractivity contribution is 9.10. The van der Waals surface area contributed by atoms with Gasteiger partial charge in [-0.25, -0.2) is 9.50 Å². The van der Waals surface area contributed by atoms with Crippen LogP contribution in [0.1, 0.15) is 76.8 Å². The Morgan fingerprint density at radius 3 is 2.75 bits per heavy atom. The average molecular weight is 451 g/mol. The molecule has 6 nitrogen and oxygen atoms in total. The molecule has 1 saturated heterocycles. The zero-order valence-corrected chi connectivity index (χ0v) is 18.5. The zero-order valence-electron chi connectivity index (χ0n) is 16.9. The predicted molar refractivity (Wildman–Crippen MR) is 114 cm³/mol. The number of rotatable bonds is 7. The summed E-state index contributed by atoms with van der Waals surface area (Å²) in [7, 11) is 0. The number of fused-ring (bicyclic) bond motifs is 1. The van der Waals surface area contributed by atoms with E-state index in [0.717, 1.165) is 55.3 Å². The molecule has 154 valence electrons. The number of nitrogens with one attached hydrogen (secondary N) is 1. The lowest BCUT2D eigenvalue weighted by Crippen LogP contribution is -2.34. The Kier molecular flexibility index (Phi) is 6.23. The number of hydrogen-bond acceptors (Lipinski definition) is 5. The maximum atomic E-state index is 5.89. The quantitative estimate of drug-likeness (QED) is 0.581. The maximum Gasteiger partial charge on any atom is 0.241 e. The second kappa shape index (κ2) is 8.67. The second-order valence-corrected chi connectivity index (χ2v) is 9.07. The van der Waals surface area contributed by atoms with Crippen LogP contribution in [0.3, 0.4) is 0 Å². The van der Waals surface area contributed by atoms with E-state index in [9.17, 15) is 0 Å². The minimum Gasteiger partial charge on any atom is -0.351 e. The standard InChI is InChI=1S/C21H31BrN4O2/c1-3-4-5-6-15(2)24-20-23-14-19-17(22)13-18(26(19)25-20)16-7-9-21(10-8-16)27-11-12-28-21/h13-16H,3-12H2,1-2H3,(H,24,25)/t15-/m0/s1. The first-order chi connectivity index (χ1) is 13.6. The number of anilines is 1. The second-order valence-electron chi connectivity index (χ2n) is 8.22. The van der Waals surface area contributed by atoms with Gasteiger partial charge in [-0.1, -0.05) is 26.2 Å². The number of halogens is 1. The van der Waals surface area contributed by atoms with Gasteiger partial charge in [-0.2, -0.15) is 0 Å². The molecule has 0 unspecified atom stereocenters. The number of unbranched alkanes of at least 4 members (excludes halogenated alkanes) is 2. The monoisotopic (exact) mass is 450 g/mol. The molecule has 2 aromatic heterocycles. The van der Waals surface area contributed by atoms with Gasteiger partial charge >= 0.3 is 0 Å². The van der Waals surface area contributed by atoms with Crippen molar-refractivity contribution >= 4 is 27.4 Å². The fraction of sp³-hybridized carbons (Fsp3) is 0.714. The van der Waals surface area contributed by atoms with Gasteiger partial charge in [0.2, 0.25) is 5.95 Å². The van der Waals surface area contributed by atoms with Gasteiger partial charge in [-0.15, -0.1) is 5.10 Å². The summed E-state index contributed by atoms with van der Waals surface area (Å²) in [6.07, 6.45) is 10.8. The first-order valence-corrected chi connectivity index (χ1v) is 11.5. The summed E-state index contributed by atoms with van der Waals surface area (Å²) in [5.41, 5.74) is 2.27. The lowest BCUT2D eigenvalue weighted by atomic mass is 9.83. The Morgan fingerprint density at radius 1 is 1.29 bits per heavy atom. The molecule has 0 radical (unpaired) electrons. The van der Waals surface area contributed by atoms with Crippen molar-refractivity contribution in [3.05, 3.63) is 22.4 Å². The molecule has 4 rings (SSSR count). The summed E-state index contributed by atoms with van der Waals surface area (Å²) >= 11 is 3.69. The largest absolute Gasteiger partial charge is 0.351 e. The molecular weight excluding hydrogens is 420 g/mol. The van der Waals surface area contributed by atoms with Crippen LogP contribution in [0.5, 0.6) is 0 Å². The molecule has 28 heavy (non-hydrogen) atoms. The SMILES string of the molecule is CCCCC[C@H](C)Nc1ncc2c(Br)cc(C3CCC4(CC3)OCCO4)n2n1. The molecule has 2 aliphatic rings. The van der Waals surface area contributed by atoms with Crippen LogP contribution >= 0.6 is 15.9 Å². The van der Waals surface area contributed by atoms with E-state index in [-0.39, 0.29) is 5.79 Å². The molecule has 0 amide bonds. The Balaban J connectivity index is 1.49. The van der Waals surface area contributed by atoms with Gasteiger partial charge in [0.15, 0.2) is 5.79 Å². The normalized spacial score (nSPS) is 20.8. The van der Waals surface area contributed by atoms with Crippen LogP contribution in [0.2, 0.25) is 0 Å². The third-order valence-electron chi connectivity index (χ3n) is 6.09. The predicted octanol–water partition coefficient (Wildman–Crippen LogP) is 5.27. The molecule has 0 aromatic carbocycles. The van der Waals surface area contributed by atoms with Crippen LogP contribution in [0.4, 0.5) is 5.95 Å². The van der Waals surface area contributed by atoms with Gasteiger partial charge in [0.25, 0.3) is 0 Å². The van der Waals surface area contributed by atoms with E-state index in [4.69, 9.17) is 14.6 Å². The van der Waals surface area contributed by atoms with Gasteiger partial charge in [0, 0.05) is 35.0 Å². The highest BCUT2D eigenvalue weighted by Gasteiger charge is 2.41. The van der Waals surface area contributed by atoms with Crippen molar-refractivity contribution in [2.75, 3.05) is 18.5 Å². The minimum absolute atomic E-state index is 0.323. The Hall–Kier alpha value is -1.18. The van der Waals surface area contributed by atoms with Crippen molar-refractivity contribution in [3.63, 3.8) is 0 Å². The first-order valence-electron chi connectivity index (χ1n) is 10.7. The molecule has 2 fully saturated rings. The number of ether oxygens (including phenoxy) is 2. The fourth-order valence-corrected chi connectivity index (χ4v) is 4.97. The van der Waals surface area contributed by atoms with Gasteiger partial charge < -0.3 is 14.8 Å². The number of aromatic nitrogens is 3. The maximum absolute atomic E-state index is 5.89. The van der Waals surface area contributed by atoms with Crippen molar-refractivity contribution in [1.29, 1.82) is 0 Å². The van der Waals surface area contributed by atoms with Crippen LogP contribution in [-0.2, 0) is 9.47 Å². The van der Waals surface area contributed by atoms with Crippen LogP contribution in [0, 0.1) is 0 Å². The van der Waals surface area contributed by atoms with E-state index >= 15 is 0 Å².